The van der Waals surface area contributed by atoms with Gasteiger partial charge in [0.25, 0.3) is 0 Å². The van der Waals surface area contributed by atoms with Crippen molar-refractivity contribution in [3.05, 3.63) is 69.2 Å². The van der Waals surface area contributed by atoms with Crippen molar-refractivity contribution in [1.29, 1.82) is 0 Å². The van der Waals surface area contributed by atoms with E-state index in [0.717, 1.165) is 12.1 Å². The first-order chi connectivity index (χ1) is 10.4. The summed E-state index contributed by atoms with van der Waals surface area (Å²) in [6.07, 6.45) is -0.446. The van der Waals surface area contributed by atoms with E-state index in [9.17, 15) is 18.4 Å². The van der Waals surface area contributed by atoms with E-state index in [2.05, 4.69) is 0 Å². The Labute approximate surface area is 135 Å². The van der Waals surface area contributed by atoms with Crippen molar-refractivity contribution in [2.75, 3.05) is 0 Å². The van der Waals surface area contributed by atoms with E-state index in [1.54, 1.807) is 0 Å². The second kappa shape index (κ2) is 6.99. The first kappa shape index (κ1) is 16.6. The van der Waals surface area contributed by atoms with Crippen molar-refractivity contribution in [3.8, 4) is 0 Å². The van der Waals surface area contributed by atoms with Gasteiger partial charge in [-0.1, -0.05) is 23.2 Å². The molecule has 0 atom stereocenters. The van der Waals surface area contributed by atoms with Gasteiger partial charge in [0.05, 0.1) is 11.1 Å². The molecule has 0 bridgehead atoms. The standard InChI is InChI=1S/C16H10Cl2F2O2/c17-9-1-3-11(13(19)7-9)15(21)5-6-16(22)12-4-2-10(18)8-14(12)20/h1-4,7-8H,5-6H2. The Morgan fingerprint density at radius 1 is 0.773 bits per heavy atom. The molecule has 0 aromatic heterocycles. The molecule has 2 rings (SSSR count). The third-order valence-electron chi connectivity index (χ3n) is 3.04. The Morgan fingerprint density at radius 2 is 1.14 bits per heavy atom. The van der Waals surface area contributed by atoms with Gasteiger partial charge in [0.1, 0.15) is 11.6 Å². The molecule has 0 saturated carbocycles. The number of halogens is 4. The predicted molar refractivity (Wildman–Crippen MR) is 80.7 cm³/mol. The van der Waals surface area contributed by atoms with Crippen molar-refractivity contribution in [2.45, 2.75) is 12.8 Å². The molecule has 0 aliphatic heterocycles. The maximum Gasteiger partial charge on any atom is 0.166 e. The summed E-state index contributed by atoms with van der Waals surface area (Å²) in [5.41, 5.74) is -0.289. The van der Waals surface area contributed by atoms with Crippen molar-refractivity contribution < 1.29 is 18.4 Å². The summed E-state index contributed by atoms with van der Waals surface area (Å²) in [6, 6.07) is 7.34. The quantitative estimate of drug-likeness (QED) is 0.707. The Kier molecular flexibility index (Phi) is 5.27. The monoisotopic (exact) mass is 342 g/mol. The van der Waals surface area contributed by atoms with Gasteiger partial charge < -0.3 is 0 Å². The van der Waals surface area contributed by atoms with E-state index < -0.39 is 23.2 Å². The summed E-state index contributed by atoms with van der Waals surface area (Å²) >= 11 is 11.2. The van der Waals surface area contributed by atoms with Crippen LogP contribution < -0.4 is 0 Å². The van der Waals surface area contributed by atoms with Gasteiger partial charge in [-0.25, -0.2) is 8.78 Å². The van der Waals surface area contributed by atoms with Gasteiger partial charge in [0, 0.05) is 22.9 Å². The van der Waals surface area contributed by atoms with E-state index >= 15 is 0 Å². The minimum atomic E-state index is -0.748. The minimum absolute atomic E-state index is 0.145. The maximum atomic E-state index is 13.6. The zero-order valence-corrected chi connectivity index (χ0v) is 12.7. The van der Waals surface area contributed by atoms with E-state index in [1.807, 2.05) is 0 Å². The number of hydrogen-bond donors (Lipinski definition) is 0. The number of Topliss-reactive ketones (excluding diaryl/α,β-unsaturated/α-hetero) is 2. The van der Waals surface area contributed by atoms with Gasteiger partial charge in [0.2, 0.25) is 0 Å². The molecule has 0 N–H and O–H groups in total. The third kappa shape index (κ3) is 3.90. The van der Waals surface area contributed by atoms with E-state index in [4.69, 9.17) is 23.2 Å². The lowest BCUT2D eigenvalue weighted by Crippen LogP contribution is -2.08. The van der Waals surface area contributed by atoms with Crippen LogP contribution in [0.4, 0.5) is 8.78 Å². The van der Waals surface area contributed by atoms with Crippen LogP contribution in [0.1, 0.15) is 33.6 Å². The molecule has 0 fully saturated rings. The van der Waals surface area contributed by atoms with E-state index in [1.165, 1.54) is 24.3 Å². The normalized spacial score (nSPS) is 10.5. The second-order valence-corrected chi connectivity index (χ2v) is 5.47. The van der Waals surface area contributed by atoms with Crippen LogP contribution in [0, 0.1) is 11.6 Å². The molecule has 2 nitrogen and oxygen atoms in total. The summed E-state index contributed by atoms with van der Waals surface area (Å²) < 4.78 is 27.2. The number of hydrogen-bond acceptors (Lipinski definition) is 2. The predicted octanol–water partition coefficient (Wildman–Crippen LogP) is 5.12. The molecule has 2 aromatic carbocycles. The molecule has 0 radical (unpaired) electrons. The fourth-order valence-corrected chi connectivity index (χ4v) is 2.25. The summed E-state index contributed by atoms with van der Waals surface area (Å²) in [6.45, 7) is 0. The molecule has 2 aromatic rings. The van der Waals surface area contributed by atoms with Crippen LogP contribution in [-0.2, 0) is 0 Å². The lowest BCUT2D eigenvalue weighted by molar-refractivity contribution is 0.0913. The summed E-state index contributed by atoms with van der Waals surface area (Å²) in [7, 11) is 0. The van der Waals surface area contributed by atoms with Crippen LogP contribution in [0.2, 0.25) is 10.0 Å². The lowest BCUT2D eigenvalue weighted by atomic mass is 10.0. The molecule has 0 saturated heterocycles. The maximum absolute atomic E-state index is 13.6. The van der Waals surface area contributed by atoms with Gasteiger partial charge in [0.15, 0.2) is 11.6 Å². The van der Waals surface area contributed by atoms with Crippen LogP contribution >= 0.6 is 23.2 Å². The van der Waals surface area contributed by atoms with Gasteiger partial charge in [-0.2, -0.15) is 0 Å². The van der Waals surface area contributed by atoms with E-state index in [-0.39, 0.29) is 34.0 Å². The van der Waals surface area contributed by atoms with Gasteiger partial charge in [-0.3, -0.25) is 9.59 Å². The summed E-state index contributed by atoms with van der Waals surface area (Å²) in [5, 5.41) is 0.349. The molecular formula is C16H10Cl2F2O2. The highest BCUT2D eigenvalue weighted by molar-refractivity contribution is 6.31. The molecular weight excluding hydrogens is 333 g/mol. The number of benzene rings is 2. The van der Waals surface area contributed by atoms with Crippen molar-refractivity contribution in [2.24, 2.45) is 0 Å². The number of carbonyl (C=O) groups excluding carboxylic acids is 2. The first-order valence-corrected chi connectivity index (χ1v) is 7.10. The average Bonchev–Trinajstić information content (AvgIpc) is 2.44. The topological polar surface area (TPSA) is 34.1 Å². The Hall–Kier alpha value is -1.78. The largest absolute Gasteiger partial charge is 0.294 e. The first-order valence-electron chi connectivity index (χ1n) is 6.35. The van der Waals surface area contributed by atoms with Crippen LogP contribution in [-0.4, -0.2) is 11.6 Å². The lowest BCUT2D eigenvalue weighted by Gasteiger charge is -2.04. The molecule has 0 aliphatic carbocycles. The van der Waals surface area contributed by atoms with Crippen molar-refractivity contribution in [3.63, 3.8) is 0 Å². The van der Waals surface area contributed by atoms with Crippen LogP contribution in [0.5, 0.6) is 0 Å². The molecule has 114 valence electrons. The molecule has 22 heavy (non-hydrogen) atoms. The number of ketones is 2. The molecule has 0 amide bonds. The zero-order valence-electron chi connectivity index (χ0n) is 11.2. The van der Waals surface area contributed by atoms with Gasteiger partial charge in [-0.05, 0) is 36.4 Å². The fourth-order valence-electron chi connectivity index (χ4n) is 1.93. The fraction of sp³-hybridized carbons (Fsp3) is 0.125. The minimum Gasteiger partial charge on any atom is -0.294 e. The number of carbonyl (C=O) groups is 2. The SMILES string of the molecule is O=C(CCC(=O)c1ccc(Cl)cc1F)c1ccc(Cl)cc1F. The van der Waals surface area contributed by atoms with Crippen molar-refractivity contribution >= 4 is 34.8 Å². The smallest absolute Gasteiger partial charge is 0.166 e. The molecule has 0 heterocycles. The molecule has 0 unspecified atom stereocenters. The molecule has 0 aliphatic rings. The Balaban J connectivity index is 2.06. The average molecular weight is 343 g/mol. The molecule has 6 heteroatoms. The highest BCUT2D eigenvalue weighted by Crippen LogP contribution is 2.19. The van der Waals surface area contributed by atoms with Crippen LogP contribution in [0.25, 0.3) is 0 Å². The molecule has 0 spiro atoms. The van der Waals surface area contributed by atoms with Crippen LogP contribution in [0.3, 0.4) is 0 Å². The zero-order chi connectivity index (χ0) is 16.3. The van der Waals surface area contributed by atoms with Gasteiger partial charge in [-0.15, -0.1) is 0 Å². The number of rotatable bonds is 5. The van der Waals surface area contributed by atoms with Crippen LogP contribution in [0.15, 0.2) is 36.4 Å². The van der Waals surface area contributed by atoms with Crippen molar-refractivity contribution in [1.82, 2.24) is 0 Å². The summed E-state index contributed by atoms with van der Waals surface area (Å²) in [5.74, 6) is -2.58. The summed E-state index contributed by atoms with van der Waals surface area (Å²) in [4.78, 5) is 23.8. The Bertz CT molecular complexity index is 681. The highest BCUT2D eigenvalue weighted by Gasteiger charge is 2.17. The highest BCUT2D eigenvalue weighted by atomic mass is 35.5. The van der Waals surface area contributed by atoms with Gasteiger partial charge >= 0.3 is 0 Å². The Morgan fingerprint density at radius 3 is 1.45 bits per heavy atom. The van der Waals surface area contributed by atoms with E-state index in [0.29, 0.717) is 0 Å². The second-order valence-electron chi connectivity index (χ2n) is 4.59. The third-order valence-corrected chi connectivity index (χ3v) is 3.51.